The van der Waals surface area contributed by atoms with Gasteiger partial charge in [0.15, 0.2) is 0 Å². The normalized spacial score (nSPS) is 12.2. The molecule has 1 rings (SSSR count). The number of anilines is 1. The van der Waals surface area contributed by atoms with Gasteiger partial charge in [0.1, 0.15) is 0 Å². The summed E-state index contributed by atoms with van der Waals surface area (Å²) >= 11 is 0. The fourth-order valence-corrected chi connectivity index (χ4v) is 1.65. The summed E-state index contributed by atoms with van der Waals surface area (Å²) in [4.78, 5) is 33.6. The summed E-state index contributed by atoms with van der Waals surface area (Å²) in [5, 5.41) is 15.3. The summed E-state index contributed by atoms with van der Waals surface area (Å²) in [5.74, 6) is -0.754. The Balaban J connectivity index is 2.75. The number of nitrogens with zero attached hydrogens (tertiary/aromatic N) is 3. The summed E-state index contributed by atoms with van der Waals surface area (Å²) in [6.07, 6.45) is 1.19. The molecule has 8 nitrogen and oxygen atoms in total. The van der Waals surface area contributed by atoms with E-state index < -0.39 is 17.2 Å². The second-order valence-corrected chi connectivity index (χ2v) is 4.45. The van der Waals surface area contributed by atoms with Gasteiger partial charge in [0.25, 0.3) is 5.56 Å². The Morgan fingerprint density at radius 2 is 2.05 bits per heavy atom. The van der Waals surface area contributed by atoms with E-state index in [1.807, 2.05) is 6.92 Å². The third-order valence-electron chi connectivity index (χ3n) is 2.73. The SMILES string of the molecule is CC(CCCC(=O)O)Nc1nn(C)c(=O)n(C)c1=O. The number of rotatable bonds is 6. The molecule has 0 saturated carbocycles. The van der Waals surface area contributed by atoms with Crippen LogP contribution in [-0.2, 0) is 18.9 Å². The van der Waals surface area contributed by atoms with Crippen molar-refractivity contribution >= 4 is 11.8 Å². The topological polar surface area (TPSA) is 106 Å². The lowest BCUT2D eigenvalue weighted by atomic mass is 10.1. The van der Waals surface area contributed by atoms with Gasteiger partial charge in [0.05, 0.1) is 0 Å². The first-order valence-electron chi connectivity index (χ1n) is 5.95. The van der Waals surface area contributed by atoms with Crippen LogP contribution in [-0.4, -0.2) is 31.5 Å². The predicted molar refractivity (Wildman–Crippen MR) is 69.3 cm³/mol. The molecule has 0 aromatic carbocycles. The van der Waals surface area contributed by atoms with Crippen molar-refractivity contribution in [1.29, 1.82) is 0 Å². The van der Waals surface area contributed by atoms with Crippen LogP contribution in [0.25, 0.3) is 0 Å². The average Bonchev–Trinajstić information content (AvgIpc) is 2.33. The van der Waals surface area contributed by atoms with Crippen LogP contribution in [0.3, 0.4) is 0 Å². The second-order valence-electron chi connectivity index (χ2n) is 4.45. The van der Waals surface area contributed by atoms with Gasteiger partial charge in [-0.3, -0.25) is 14.2 Å². The standard InChI is InChI=1S/C11H18N4O4/c1-7(5-4-6-8(16)17)12-9-10(18)14(2)11(19)15(3)13-9/h7H,4-6H2,1-3H3,(H,12,13)(H,16,17). The van der Waals surface area contributed by atoms with Crippen molar-refractivity contribution in [3.63, 3.8) is 0 Å². The lowest BCUT2D eigenvalue weighted by Gasteiger charge is -2.14. The first kappa shape index (κ1) is 14.9. The molecule has 0 fully saturated rings. The maximum absolute atomic E-state index is 11.8. The quantitative estimate of drug-likeness (QED) is 0.724. The van der Waals surface area contributed by atoms with Crippen LogP contribution < -0.4 is 16.6 Å². The number of hydrogen-bond donors (Lipinski definition) is 2. The zero-order chi connectivity index (χ0) is 14.6. The zero-order valence-corrected chi connectivity index (χ0v) is 11.2. The highest BCUT2D eigenvalue weighted by atomic mass is 16.4. The largest absolute Gasteiger partial charge is 0.481 e. The summed E-state index contributed by atoms with van der Waals surface area (Å²) in [7, 11) is 2.84. The number of carboxylic acids is 1. The van der Waals surface area contributed by atoms with Crippen LogP contribution in [0.5, 0.6) is 0 Å². The Kier molecular flexibility index (Phi) is 4.85. The summed E-state index contributed by atoms with van der Waals surface area (Å²) < 4.78 is 2.05. The number of aromatic nitrogens is 3. The molecule has 1 unspecified atom stereocenters. The Labute approximate surface area is 109 Å². The highest BCUT2D eigenvalue weighted by Gasteiger charge is 2.11. The highest BCUT2D eigenvalue weighted by Crippen LogP contribution is 2.04. The Morgan fingerprint density at radius 1 is 1.42 bits per heavy atom. The highest BCUT2D eigenvalue weighted by molar-refractivity contribution is 5.66. The van der Waals surface area contributed by atoms with Gasteiger partial charge in [-0.25, -0.2) is 9.48 Å². The van der Waals surface area contributed by atoms with Gasteiger partial charge in [-0.15, -0.1) is 5.10 Å². The molecule has 1 aromatic heterocycles. The molecular formula is C11H18N4O4. The van der Waals surface area contributed by atoms with Crippen molar-refractivity contribution in [1.82, 2.24) is 14.3 Å². The minimum atomic E-state index is -0.844. The van der Waals surface area contributed by atoms with E-state index in [0.29, 0.717) is 12.8 Å². The number of carboxylic acid groups (broad SMARTS) is 1. The molecule has 1 heterocycles. The third-order valence-corrected chi connectivity index (χ3v) is 2.73. The molecule has 8 heteroatoms. The first-order chi connectivity index (χ1) is 8.82. The van der Waals surface area contributed by atoms with Crippen LogP contribution in [0.2, 0.25) is 0 Å². The molecule has 0 bridgehead atoms. The molecule has 0 amide bonds. The molecule has 1 aromatic rings. The monoisotopic (exact) mass is 270 g/mol. The van der Waals surface area contributed by atoms with Gasteiger partial charge >= 0.3 is 11.7 Å². The molecule has 106 valence electrons. The van der Waals surface area contributed by atoms with Crippen molar-refractivity contribution in [3.8, 4) is 0 Å². The van der Waals surface area contributed by atoms with Crippen molar-refractivity contribution in [2.24, 2.45) is 14.1 Å². The molecular weight excluding hydrogens is 252 g/mol. The van der Waals surface area contributed by atoms with Crippen LogP contribution in [0.15, 0.2) is 9.59 Å². The molecule has 0 radical (unpaired) electrons. The molecule has 0 saturated heterocycles. The maximum Gasteiger partial charge on any atom is 0.346 e. The van der Waals surface area contributed by atoms with E-state index in [0.717, 1.165) is 9.25 Å². The number of carbonyl (C=O) groups is 1. The summed E-state index contributed by atoms with van der Waals surface area (Å²) in [6.45, 7) is 1.83. The van der Waals surface area contributed by atoms with E-state index in [1.165, 1.54) is 14.1 Å². The zero-order valence-electron chi connectivity index (χ0n) is 11.2. The van der Waals surface area contributed by atoms with E-state index in [1.54, 1.807) is 0 Å². The second kappa shape index (κ2) is 6.17. The van der Waals surface area contributed by atoms with Crippen LogP contribution in [0, 0.1) is 0 Å². The van der Waals surface area contributed by atoms with Crippen LogP contribution >= 0.6 is 0 Å². The van der Waals surface area contributed by atoms with Gasteiger partial charge in [-0.1, -0.05) is 0 Å². The minimum Gasteiger partial charge on any atom is -0.481 e. The summed E-state index contributed by atoms with van der Waals surface area (Å²) in [6, 6.07) is -0.1000. The fraction of sp³-hybridized carbons (Fsp3) is 0.636. The van der Waals surface area contributed by atoms with E-state index in [2.05, 4.69) is 10.4 Å². The molecule has 0 spiro atoms. The van der Waals surface area contributed by atoms with Gasteiger partial charge in [-0.05, 0) is 19.8 Å². The molecule has 19 heavy (non-hydrogen) atoms. The maximum atomic E-state index is 11.8. The van der Waals surface area contributed by atoms with E-state index in [4.69, 9.17) is 5.11 Å². The number of aliphatic carboxylic acids is 1. The van der Waals surface area contributed by atoms with Crippen LogP contribution in [0.1, 0.15) is 26.2 Å². The predicted octanol–water partition coefficient (Wildman–Crippen LogP) is -0.466. The minimum absolute atomic E-state index is 0.0880. The van der Waals surface area contributed by atoms with Gasteiger partial charge in [0, 0.05) is 26.6 Å². The lowest BCUT2D eigenvalue weighted by Crippen LogP contribution is -2.40. The Hall–Kier alpha value is -2.12. The van der Waals surface area contributed by atoms with Gasteiger partial charge in [0.2, 0.25) is 5.82 Å². The van der Waals surface area contributed by atoms with Gasteiger partial charge < -0.3 is 10.4 Å². The smallest absolute Gasteiger partial charge is 0.346 e. The Morgan fingerprint density at radius 3 is 2.63 bits per heavy atom. The number of aryl methyl sites for hydroxylation is 1. The van der Waals surface area contributed by atoms with Crippen molar-refractivity contribution in [3.05, 3.63) is 20.8 Å². The average molecular weight is 270 g/mol. The van der Waals surface area contributed by atoms with Crippen molar-refractivity contribution in [2.45, 2.75) is 32.2 Å². The molecule has 0 aliphatic heterocycles. The van der Waals surface area contributed by atoms with E-state index in [-0.39, 0.29) is 18.3 Å². The lowest BCUT2D eigenvalue weighted by molar-refractivity contribution is -0.137. The Bertz CT molecular complexity index is 575. The number of hydrogen-bond acceptors (Lipinski definition) is 5. The molecule has 0 aliphatic rings. The van der Waals surface area contributed by atoms with Crippen LogP contribution in [0.4, 0.5) is 5.82 Å². The van der Waals surface area contributed by atoms with Crippen molar-refractivity contribution in [2.75, 3.05) is 5.32 Å². The third kappa shape index (κ3) is 3.94. The molecule has 1 atom stereocenters. The molecule has 2 N–H and O–H groups in total. The summed E-state index contributed by atoms with van der Waals surface area (Å²) in [5.41, 5.74) is -0.984. The molecule has 0 aliphatic carbocycles. The first-order valence-corrected chi connectivity index (χ1v) is 5.95. The van der Waals surface area contributed by atoms with Crippen molar-refractivity contribution < 1.29 is 9.90 Å². The van der Waals surface area contributed by atoms with E-state index in [9.17, 15) is 14.4 Å². The van der Waals surface area contributed by atoms with E-state index >= 15 is 0 Å². The van der Waals surface area contributed by atoms with Gasteiger partial charge in [-0.2, -0.15) is 0 Å². The fourth-order valence-electron chi connectivity index (χ4n) is 1.65. The number of nitrogens with one attached hydrogen (secondary N) is 1.